The molecule has 0 saturated carbocycles. The first kappa shape index (κ1) is 9.99. The lowest BCUT2D eigenvalue weighted by Gasteiger charge is -2.17. The van der Waals surface area contributed by atoms with Crippen LogP contribution in [0.2, 0.25) is 0 Å². The first-order valence-corrected chi connectivity index (χ1v) is 5.59. The van der Waals surface area contributed by atoms with Gasteiger partial charge in [0.2, 0.25) is 0 Å². The van der Waals surface area contributed by atoms with E-state index in [4.69, 9.17) is 0 Å². The zero-order valence-electron chi connectivity index (χ0n) is 8.67. The van der Waals surface area contributed by atoms with E-state index in [1.54, 1.807) is 18.0 Å². The van der Waals surface area contributed by atoms with Gasteiger partial charge in [-0.2, -0.15) is 0 Å². The maximum atomic E-state index is 13.3. The van der Waals surface area contributed by atoms with Crippen LogP contribution in [0.25, 0.3) is 0 Å². The number of nitrogens with zero attached hydrogens (tertiary/aromatic N) is 1. The zero-order chi connectivity index (χ0) is 10.3. The predicted molar refractivity (Wildman–Crippen MR) is 57.7 cm³/mol. The number of rotatable bonds is 1. The van der Waals surface area contributed by atoms with Crippen molar-refractivity contribution in [3.05, 3.63) is 29.1 Å². The van der Waals surface area contributed by atoms with E-state index in [2.05, 4.69) is 18.2 Å². The quantitative estimate of drug-likeness (QED) is 0.655. The molecular formula is C11H14FNS. The Hall–Kier alpha value is -0.540. The van der Waals surface area contributed by atoms with Crippen LogP contribution in [0.1, 0.15) is 25.0 Å². The molecule has 1 nitrogen and oxygen atoms in total. The molecular weight excluding hydrogens is 197 g/mol. The third-order valence-electron chi connectivity index (χ3n) is 2.59. The molecule has 0 N–H and O–H groups in total. The second-order valence-electron chi connectivity index (χ2n) is 3.91. The molecule has 0 saturated heterocycles. The minimum Gasteiger partial charge on any atom is -0.239 e. The summed E-state index contributed by atoms with van der Waals surface area (Å²) < 4.78 is 15.5. The molecule has 1 aliphatic heterocycles. The highest BCUT2D eigenvalue weighted by Gasteiger charge is 2.24. The number of hydrogen-bond donors (Lipinski definition) is 0. The number of halogens is 1. The van der Waals surface area contributed by atoms with Gasteiger partial charge in [0.05, 0.1) is 0 Å². The number of benzene rings is 1. The van der Waals surface area contributed by atoms with Crippen molar-refractivity contribution >= 4 is 11.9 Å². The average molecular weight is 211 g/mol. The van der Waals surface area contributed by atoms with Crippen molar-refractivity contribution in [2.24, 2.45) is 0 Å². The molecule has 0 spiro atoms. The van der Waals surface area contributed by atoms with E-state index < -0.39 is 0 Å². The van der Waals surface area contributed by atoms with Gasteiger partial charge in [0.25, 0.3) is 0 Å². The van der Waals surface area contributed by atoms with Gasteiger partial charge >= 0.3 is 0 Å². The first-order valence-electron chi connectivity index (χ1n) is 4.82. The topological polar surface area (TPSA) is 3.24 Å². The van der Waals surface area contributed by atoms with Crippen molar-refractivity contribution < 1.29 is 4.39 Å². The van der Waals surface area contributed by atoms with Gasteiger partial charge in [-0.15, -0.1) is 0 Å². The summed E-state index contributed by atoms with van der Waals surface area (Å²) in [6.45, 7) is 7.04. The van der Waals surface area contributed by atoms with E-state index >= 15 is 0 Å². The second kappa shape index (κ2) is 3.55. The Morgan fingerprint density at radius 2 is 2.14 bits per heavy atom. The Morgan fingerprint density at radius 1 is 1.43 bits per heavy atom. The Bertz CT molecular complexity index is 363. The fraction of sp³-hybridized carbons (Fsp3) is 0.455. The summed E-state index contributed by atoms with van der Waals surface area (Å²) in [6, 6.07) is 3.94. The van der Waals surface area contributed by atoms with Crippen LogP contribution in [0.5, 0.6) is 0 Å². The normalized spacial score (nSPS) is 16.4. The Balaban J connectivity index is 2.36. The van der Waals surface area contributed by atoms with E-state index in [-0.39, 0.29) is 5.82 Å². The molecule has 76 valence electrons. The number of fused-ring (bicyclic) bond motifs is 1. The van der Waals surface area contributed by atoms with Gasteiger partial charge in [0.1, 0.15) is 5.82 Å². The van der Waals surface area contributed by atoms with Crippen LogP contribution >= 0.6 is 11.9 Å². The third-order valence-corrected chi connectivity index (χ3v) is 3.96. The molecule has 1 aromatic carbocycles. The molecule has 0 amide bonds. The predicted octanol–water partition coefficient (Wildman–Crippen LogP) is 3.37. The van der Waals surface area contributed by atoms with Crippen LogP contribution in [0.3, 0.4) is 0 Å². The van der Waals surface area contributed by atoms with Gasteiger partial charge < -0.3 is 0 Å². The van der Waals surface area contributed by atoms with E-state index in [1.807, 2.05) is 13.0 Å². The molecule has 1 heterocycles. The van der Waals surface area contributed by atoms with Crippen LogP contribution in [0.15, 0.2) is 17.0 Å². The molecule has 0 unspecified atom stereocenters. The molecule has 1 aromatic rings. The summed E-state index contributed by atoms with van der Waals surface area (Å²) in [5.74, 6) is -0.0880. The smallest absolute Gasteiger partial charge is 0.126 e. The molecule has 1 aliphatic rings. The van der Waals surface area contributed by atoms with Crippen molar-refractivity contribution in [1.29, 1.82) is 0 Å². The highest BCUT2D eigenvalue weighted by molar-refractivity contribution is 7.97. The summed E-state index contributed by atoms with van der Waals surface area (Å²) in [7, 11) is 0. The lowest BCUT2D eigenvalue weighted by Crippen LogP contribution is -2.19. The minimum atomic E-state index is -0.0880. The zero-order valence-corrected chi connectivity index (χ0v) is 9.49. The van der Waals surface area contributed by atoms with Crippen LogP contribution in [-0.4, -0.2) is 10.3 Å². The molecule has 0 aliphatic carbocycles. The van der Waals surface area contributed by atoms with E-state index in [9.17, 15) is 4.39 Å². The summed E-state index contributed by atoms with van der Waals surface area (Å²) in [6.07, 6.45) is 0. The Kier molecular flexibility index (Phi) is 2.54. The van der Waals surface area contributed by atoms with E-state index in [1.165, 1.54) is 4.90 Å². The van der Waals surface area contributed by atoms with Crippen molar-refractivity contribution in [2.45, 2.75) is 38.3 Å². The highest BCUT2D eigenvalue weighted by atomic mass is 32.2. The first-order chi connectivity index (χ1) is 6.59. The summed E-state index contributed by atoms with van der Waals surface area (Å²) in [5, 5.41) is 0. The van der Waals surface area contributed by atoms with Crippen LogP contribution in [0, 0.1) is 12.7 Å². The van der Waals surface area contributed by atoms with Crippen molar-refractivity contribution in [1.82, 2.24) is 4.31 Å². The maximum absolute atomic E-state index is 13.3. The molecule has 0 bridgehead atoms. The van der Waals surface area contributed by atoms with Crippen LogP contribution in [0.4, 0.5) is 4.39 Å². The molecule has 3 heteroatoms. The van der Waals surface area contributed by atoms with Gasteiger partial charge in [-0.1, -0.05) is 0 Å². The van der Waals surface area contributed by atoms with E-state index in [0.29, 0.717) is 6.04 Å². The second-order valence-corrected chi connectivity index (χ2v) is 5.00. The summed E-state index contributed by atoms with van der Waals surface area (Å²) in [5.41, 5.74) is 1.96. The largest absolute Gasteiger partial charge is 0.239 e. The fourth-order valence-electron chi connectivity index (χ4n) is 1.59. The summed E-state index contributed by atoms with van der Waals surface area (Å²) in [4.78, 5) is 1.21. The van der Waals surface area contributed by atoms with Crippen LogP contribution in [-0.2, 0) is 6.54 Å². The molecule has 0 atom stereocenters. The van der Waals surface area contributed by atoms with Gasteiger partial charge in [-0.05, 0) is 56.0 Å². The molecule has 14 heavy (non-hydrogen) atoms. The van der Waals surface area contributed by atoms with Crippen molar-refractivity contribution in [3.8, 4) is 0 Å². The lowest BCUT2D eigenvalue weighted by molar-refractivity contribution is 0.399. The molecule has 0 radical (unpaired) electrons. The van der Waals surface area contributed by atoms with Crippen molar-refractivity contribution in [2.75, 3.05) is 0 Å². The van der Waals surface area contributed by atoms with Gasteiger partial charge in [0, 0.05) is 17.5 Å². The summed E-state index contributed by atoms with van der Waals surface area (Å²) >= 11 is 1.73. The van der Waals surface area contributed by atoms with E-state index in [0.717, 1.165) is 17.7 Å². The third kappa shape index (κ3) is 1.55. The van der Waals surface area contributed by atoms with Crippen LogP contribution < -0.4 is 0 Å². The SMILES string of the molecule is Cc1c(F)ccc2c1CN(C(C)C)S2. The van der Waals surface area contributed by atoms with Gasteiger partial charge in [-0.3, -0.25) is 0 Å². The monoisotopic (exact) mass is 211 g/mol. The average Bonchev–Trinajstić information content (AvgIpc) is 2.56. The Labute approximate surface area is 88.4 Å². The molecule has 0 fully saturated rings. The molecule has 2 rings (SSSR count). The fourth-order valence-corrected chi connectivity index (χ4v) is 2.70. The highest BCUT2D eigenvalue weighted by Crippen LogP contribution is 2.39. The molecule has 0 aromatic heterocycles. The standard InChI is InChI=1S/C11H14FNS/c1-7(2)13-6-9-8(3)10(12)4-5-11(9)14-13/h4-5,7H,6H2,1-3H3. The van der Waals surface area contributed by atoms with Gasteiger partial charge in [0.15, 0.2) is 0 Å². The minimum absolute atomic E-state index is 0.0880. The lowest BCUT2D eigenvalue weighted by atomic mass is 10.1. The number of hydrogen-bond acceptors (Lipinski definition) is 2. The van der Waals surface area contributed by atoms with Gasteiger partial charge in [-0.25, -0.2) is 8.70 Å². The van der Waals surface area contributed by atoms with Crippen molar-refractivity contribution in [3.63, 3.8) is 0 Å². The maximum Gasteiger partial charge on any atom is 0.126 e. The Morgan fingerprint density at radius 3 is 2.79 bits per heavy atom.